The van der Waals surface area contributed by atoms with Crippen molar-refractivity contribution in [2.24, 2.45) is 0 Å². The topological polar surface area (TPSA) is 32.3 Å². The van der Waals surface area contributed by atoms with Crippen molar-refractivity contribution in [3.63, 3.8) is 0 Å². The molecule has 1 rings (SSSR count). The molecule has 0 aliphatic heterocycles. The fourth-order valence-corrected chi connectivity index (χ4v) is 3.31. The second-order valence-electron chi connectivity index (χ2n) is 4.72. The normalized spacial score (nSPS) is 12.7. The average Bonchev–Trinajstić information content (AvgIpc) is 2.28. The monoisotopic (exact) mass is 267 g/mol. The molecule has 1 aromatic carbocycles. The third kappa shape index (κ3) is 4.30. The van der Waals surface area contributed by atoms with E-state index in [1.165, 1.54) is 22.3 Å². The number of thioether (sulfide) groups is 1. The van der Waals surface area contributed by atoms with E-state index >= 15 is 0 Å². The molecule has 102 valence electrons. The van der Waals surface area contributed by atoms with E-state index in [-0.39, 0.29) is 6.61 Å². The third-order valence-electron chi connectivity index (χ3n) is 3.06. The first-order chi connectivity index (χ1) is 8.60. The van der Waals surface area contributed by atoms with Crippen LogP contribution in [-0.4, -0.2) is 29.8 Å². The highest BCUT2D eigenvalue weighted by atomic mass is 32.2. The Balaban J connectivity index is 2.90. The number of hydrogen-bond acceptors (Lipinski definition) is 3. The molecule has 0 aliphatic carbocycles. The van der Waals surface area contributed by atoms with Crippen molar-refractivity contribution in [1.82, 2.24) is 5.32 Å². The van der Waals surface area contributed by atoms with Crippen LogP contribution in [0.2, 0.25) is 0 Å². The van der Waals surface area contributed by atoms with Gasteiger partial charge in [-0.1, -0.05) is 24.6 Å². The Hall–Kier alpha value is -0.510. The van der Waals surface area contributed by atoms with Crippen LogP contribution in [-0.2, 0) is 0 Å². The smallest absolute Gasteiger partial charge is 0.0521 e. The minimum Gasteiger partial charge on any atom is -0.396 e. The van der Waals surface area contributed by atoms with Crippen LogP contribution in [0.3, 0.4) is 0 Å². The van der Waals surface area contributed by atoms with E-state index in [9.17, 15) is 0 Å². The molecule has 3 heteroatoms. The number of aliphatic hydroxyl groups excluding tert-OH is 1. The summed E-state index contributed by atoms with van der Waals surface area (Å²) in [5.41, 5.74) is 5.48. The fourth-order valence-electron chi connectivity index (χ4n) is 2.50. The van der Waals surface area contributed by atoms with E-state index in [0.717, 1.165) is 18.1 Å². The Morgan fingerprint density at radius 1 is 1.22 bits per heavy atom. The van der Waals surface area contributed by atoms with Crippen LogP contribution in [0.4, 0.5) is 0 Å². The zero-order valence-corrected chi connectivity index (χ0v) is 12.7. The van der Waals surface area contributed by atoms with Gasteiger partial charge in [-0.25, -0.2) is 0 Å². The summed E-state index contributed by atoms with van der Waals surface area (Å²) in [4.78, 5) is 0. The minimum absolute atomic E-state index is 0.259. The Morgan fingerprint density at radius 3 is 2.33 bits per heavy atom. The first-order valence-corrected chi connectivity index (χ1v) is 7.75. The molecule has 0 bridgehead atoms. The van der Waals surface area contributed by atoms with Crippen LogP contribution in [0.15, 0.2) is 12.1 Å². The summed E-state index contributed by atoms with van der Waals surface area (Å²) >= 11 is 1.81. The zero-order chi connectivity index (χ0) is 13.5. The minimum atomic E-state index is 0.259. The number of hydrogen-bond donors (Lipinski definition) is 2. The van der Waals surface area contributed by atoms with Crippen molar-refractivity contribution in [2.45, 2.75) is 33.7 Å². The van der Waals surface area contributed by atoms with Crippen molar-refractivity contribution in [2.75, 3.05) is 24.7 Å². The van der Waals surface area contributed by atoms with E-state index < -0.39 is 0 Å². The zero-order valence-electron chi connectivity index (χ0n) is 11.9. The highest BCUT2D eigenvalue weighted by Crippen LogP contribution is 2.26. The predicted octanol–water partition coefficient (Wildman–Crippen LogP) is 2.99. The van der Waals surface area contributed by atoms with Crippen molar-refractivity contribution in [3.8, 4) is 0 Å². The Kier molecular flexibility index (Phi) is 6.76. The molecule has 0 fully saturated rings. The van der Waals surface area contributed by atoms with Gasteiger partial charge < -0.3 is 10.4 Å². The third-order valence-corrected chi connectivity index (χ3v) is 4.10. The van der Waals surface area contributed by atoms with Gasteiger partial charge in [0, 0.05) is 17.5 Å². The quantitative estimate of drug-likeness (QED) is 0.745. The van der Waals surface area contributed by atoms with Gasteiger partial charge in [-0.05, 0) is 44.0 Å². The van der Waals surface area contributed by atoms with Crippen molar-refractivity contribution < 1.29 is 5.11 Å². The van der Waals surface area contributed by atoms with Gasteiger partial charge in [0.2, 0.25) is 0 Å². The van der Waals surface area contributed by atoms with Gasteiger partial charge in [0.15, 0.2) is 0 Å². The van der Waals surface area contributed by atoms with Gasteiger partial charge in [-0.15, -0.1) is 0 Å². The van der Waals surface area contributed by atoms with Gasteiger partial charge in [0.25, 0.3) is 0 Å². The molecule has 0 heterocycles. The van der Waals surface area contributed by atoms with Crippen LogP contribution in [0, 0.1) is 20.8 Å². The van der Waals surface area contributed by atoms with Crippen molar-refractivity contribution in [3.05, 3.63) is 34.4 Å². The van der Waals surface area contributed by atoms with Crippen LogP contribution < -0.4 is 5.32 Å². The molecule has 1 aromatic rings. The van der Waals surface area contributed by atoms with Gasteiger partial charge in [0.1, 0.15) is 0 Å². The van der Waals surface area contributed by atoms with Crippen LogP contribution in [0.1, 0.15) is 35.2 Å². The van der Waals surface area contributed by atoms with Crippen molar-refractivity contribution in [1.29, 1.82) is 0 Å². The maximum Gasteiger partial charge on any atom is 0.0521 e. The summed E-state index contributed by atoms with van der Waals surface area (Å²) in [6, 6.07) is 4.89. The molecule has 0 aliphatic rings. The second kappa shape index (κ2) is 7.82. The first kappa shape index (κ1) is 15.5. The number of rotatable bonds is 7. The lowest BCUT2D eigenvalue weighted by Crippen LogP contribution is -2.25. The standard InChI is InChI=1S/C15H25NOS/c1-5-16-14(10-18-7-6-17)15-12(3)8-11(2)9-13(15)4/h8-9,14,16-17H,5-7,10H2,1-4H3. The van der Waals surface area contributed by atoms with E-state index in [0.29, 0.717) is 6.04 Å². The average molecular weight is 267 g/mol. The number of nitrogens with one attached hydrogen (secondary N) is 1. The maximum atomic E-state index is 8.88. The van der Waals surface area contributed by atoms with E-state index in [2.05, 4.69) is 45.1 Å². The summed E-state index contributed by atoms with van der Waals surface area (Å²) < 4.78 is 0. The molecule has 0 amide bonds. The number of benzene rings is 1. The molecule has 0 radical (unpaired) electrons. The molecule has 2 N–H and O–H groups in total. The Labute approximate surface area is 115 Å². The molecule has 1 unspecified atom stereocenters. The predicted molar refractivity (Wildman–Crippen MR) is 81.5 cm³/mol. The molecule has 0 saturated heterocycles. The summed E-state index contributed by atoms with van der Waals surface area (Å²) in [6.07, 6.45) is 0. The number of aryl methyl sites for hydroxylation is 3. The molecular formula is C15H25NOS. The van der Waals surface area contributed by atoms with Gasteiger partial charge in [-0.2, -0.15) is 11.8 Å². The summed E-state index contributed by atoms with van der Waals surface area (Å²) in [5.74, 6) is 1.82. The summed E-state index contributed by atoms with van der Waals surface area (Å²) in [5, 5.41) is 12.4. The molecular weight excluding hydrogens is 242 g/mol. The lowest BCUT2D eigenvalue weighted by Gasteiger charge is -2.22. The van der Waals surface area contributed by atoms with E-state index in [1.807, 2.05) is 0 Å². The largest absolute Gasteiger partial charge is 0.396 e. The highest BCUT2D eigenvalue weighted by molar-refractivity contribution is 7.99. The molecule has 18 heavy (non-hydrogen) atoms. The highest BCUT2D eigenvalue weighted by Gasteiger charge is 2.15. The lowest BCUT2D eigenvalue weighted by molar-refractivity contribution is 0.322. The molecule has 0 spiro atoms. The van der Waals surface area contributed by atoms with Crippen LogP contribution in [0.5, 0.6) is 0 Å². The lowest BCUT2D eigenvalue weighted by atomic mass is 9.95. The second-order valence-corrected chi connectivity index (χ2v) is 5.87. The molecule has 0 saturated carbocycles. The fraction of sp³-hybridized carbons (Fsp3) is 0.600. The summed E-state index contributed by atoms with van der Waals surface area (Å²) in [6.45, 7) is 9.90. The van der Waals surface area contributed by atoms with Gasteiger partial charge in [-0.3, -0.25) is 0 Å². The molecule has 1 atom stereocenters. The molecule has 0 aromatic heterocycles. The van der Waals surface area contributed by atoms with Crippen molar-refractivity contribution >= 4 is 11.8 Å². The van der Waals surface area contributed by atoms with Crippen LogP contribution >= 0.6 is 11.8 Å². The summed E-state index contributed by atoms with van der Waals surface area (Å²) in [7, 11) is 0. The van der Waals surface area contributed by atoms with E-state index in [1.54, 1.807) is 11.8 Å². The Morgan fingerprint density at radius 2 is 1.83 bits per heavy atom. The Bertz CT molecular complexity index is 356. The van der Waals surface area contributed by atoms with E-state index in [4.69, 9.17) is 5.11 Å². The van der Waals surface area contributed by atoms with Gasteiger partial charge >= 0.3 is 0 Å². The molecule has 2 nitrogen and oxygen atoms in total. The number of aliphatic hydroxyl groups is 1. The first-order valence-electron chi connectivity index (χ1n) is 6.59. The maximum absolute atomic E-state index is 8.88. The van der Waals surface area contributed by atoms with Gasteiger partial charge in [0.05, 0.1) is 6.61 Å². The van der Waals surface area contributed by atoms with Crippen LogP contribution in [0.25, 0.3) is 0 Å². The SMILES string of the molecule is CCNC(CSCCO)c1c(C)cc(C)cc1C.